The molecule has 3 heterocycles. The number of aliphatic carboxylic acids is 2. The van der Waals surface area contributed by atoms with E-state index in [0.717, 1.165) is 64.3 Å². The number of hydrogen-bond acceptors (Lipinski definition) is 6. The zero-order chi connectivity index (χ0) is 30.7. The number of likely N-dealkylation sites (tertiary alicyclic amines) is 1. The number of aromatic nitrogens is 1. The van der Waals surface area contributed by atoms with Crippen LogP contribution in [0.5, 0.6) is 0 Å². The molecule has 0 unspecified atom stereocenters. The van der Waals surface area contributed by atoms with Gasteiger partial charge < -0.3 is 19.8 Å². The highest BCUT2D eigenvalue weighted by molar-refractivity contribution is 5.94. The molecule has 41 heavy (non-hydrogen) atoms. The fourth-order valence-corrected chi connectivity index (χ4v) is 4.21. The van der Waals surface area contributed by atoms with E-state index in [1.807, 2.05) is 47.6 Å². The Balaban J connectivity index is 0.000000349. The first-order valence-corrected chi connectivity index (χ1v) is 12.3. The van der Waals surface area contributed by atoms with Crippen LogP contribution in [0, 0.1) is 5.41 Å². The quantitative estimate of drug-likeness (QED) is 0.511. The van der Waals surface area contributed by atoms with Crippen molar-refractivity contribution in [3.8, 4) is 0 Å². The lowest BCUT2D eigenvalue weighted by molar-refractivity contribution is -0.193. The maximum absolute atomic E-state index is 12.7. The fourth-order valence-electron chi connectivity index (χ4n) is 4.21. The van der Waals surface area contributed by atoms with Crippen LogP contribution in [0.25, 0.3) is 0 Å². The number of amides is 1. The molecule has 2 N–H and O–H groups in total. The summed E-state index contributed by atoms with van der Waals surface area (Å²) in [5.74, 6) is -5.37. The Morgan fingerprint density at radius 1 is 0.854 bits per heavy atom. The van der Waals surface area contributed by atoms with E-state index >= 15 is 0 Å². The van der Waals surface area contributed by atoms with Crippen LogP contribution >= 0.6 is 0 Å². The number of alkyl halides is 6. The third kappa shape index (κ3) is 11.4. The van der Waals surface area contributed by atoms with E-state index in [4.69, 9.17) is 24.5 Å². The molecule has 2 aliphatic rings. The molecule has 0 bridgehead atoms. The van der Waals surface area contributed by atoms with Crippen LogP contribution in [0.15, 0.2) is 54.9 Å². The van der Waals surface area contributed by atoms with Crippen molar-refractivity contribution >= 4 is 17.8 Å². The molecule has 4 rings (SSSR count). The van der Waals surface area contributed by atoms with E-state index in [0.29, 0.717) is 0 Å². The number of carboxylic acids is 2. The molecule has 2 aliphatic heterocycles. The predicted octanol–water partition coefficient (Wildman–Crippen LogP) is 4.10. The second-order valence-electron chi connectivity index (χ2n) is 9.38. The van der Waals surface area contributed by atoms with Gasteiger partial charge in [0.05, 0.1) is 13.2 Å². The van der Waals surface area contributed by atoms with Gasteiger partial charge in [0.15, 0.2) is 0 Å². The van der Waals surface area contributed by atoms with Gasteiger partial charge in [0.1, 0.15) is 0 Å². The highest BCUT2D eigenvalue weighted by Gasteiger charge is 2.40. The zero-order valence-electron chi connectivity index (χ0n) is 21.7. The van der Waals surface area contributed by atoms with Crippen LogP contribution in [0.3, 0.4) is 0 Å². The second-order valence-corrected chi connectivity index (χ2v) is 9.38. The monoisotopic (exact) mass is 593 g/mol. The van der Waals surface area contributed by atoms with Crippen molar-refractivity contribution in [1.82, 2.24) is 14.8 Å². The predicted molar refractivity (Wildman–Crippen MR) is 132 cm³/mol. The molecule has 0 atom stereocenters. The number of carbonyl (C=O) groups excluding carboxylic acids is 1. The van der Waals surface area contributed by atoms with E-state index in [1.165, 1.54) is 5.56 Å². The van der Waals surface area contributed by atoms with Gasteiger partial charge in [-0.3, -0.25) is 14.7 Å². The maximum Gasteiger partial charge on any atom is 0.490 e. The summed E-state index contributed by atoms with van der Waals surface area (Å²) in [6, 6.07) is 13.8. The van der Waals surface area contributed by atoms with Gasteiger partial charge in [-0.25, -0.2) is 9.59 Å². The van der Waals surface area contributed by atoms with Crippen LogP contribution in [0.2, 0.25) is 0 Å². The van der Waals surface area contributed by atoms with Gasteiger partial charge in [0.25, 0.3) is 5.91 Å². The second kappa shape index (κ2) is 14.8. The molecule has 2 fully saturated rings. The summed E-state index contributed by atoms with van der Waals surface area (Å²) < 4.78 is 69.5. The molecule has 1 spiro atoms. The van der Waals surface area contributed by atoms with Gasteiger partial charge in [-0.2, -0.15) is 26.3 Å². The number of carboxylic acid groups (broad SMARTS) is 2. The number of benzene rings is 1. The van der Waals surface area contributed by atoms with Gasteiger partial charge in [-0.15, -0.1) is 0 Å². The Labute approximate surface area is 231 Å². The molecule has 2 aromatic rings. The summed E-state index contributed by atoms with van der Waals surface area (Å²) in [5, 5.41) is 14.2. The Morgan fingerprint density at radius 2 is 1.37 bits per heavy atom. The molecule has 2 saturated heterocycles. The highest BCUT2D eigenvalue weighted by atomic mass is 19.4. The first-order valence-electron chi connectivity index (χ1n) is 12.3. The number of nitrogens with zero attached hydrogens (tertiary/aromatic N) is 3. The molecule has 0 saturated carbocycles. The number of hydrogen-bond donors (Lipinski definition) is 2. The van der Waals surface area contributed by atoms with E-state index in [1.54, 1.807) is 0 Å². The van der Waals surface area contributed by atoms with E-state index in [-0.39, 0.29) is 11.3 Å². The van der Waals surface area contributed by atoms with Crippen LogP contribution in [-0.4, -0.2) is 94.6 Å². The summed E-state index contributed by atoms with van der Waals surface area (Å²) in [6.07, 6.45) is -4.46. The van der Waals surface area contributed by atoms with Gasteiger partial charge >= 0.3 is 24.3 Å². The number of halogens is 6. The minimum Gasteiger partial charge on any atom is -0.475 e. The molecule has 1 amide bonds. The molecule has 0 aliphatic carbocycles. The molecule has 1 aromatic heterocycles. The maximum atomic E-state index is 12.7. The number of piperidine rings is 1. The largest absolute Gasteiger partial charge is 0.490 e. The van der Waals surface area contributed by atoms with E-state index in [2.05, 4.69) is 22.0 Å². The highest BCUT2D eigenvalue weighted by Crippen LogP contribution is 2.35. The number of pyridine rings is 1. The third-order valence-corrected chi connectivity index (χ3v) is 6.29. The fraction of sp³-hybridized carbons (Fsp3) is 0.462. The van der Waals surface area contributed by atoms with Gasteiger partial charge in [0.2, 0.25) is 0 Å². The Hall–Kier alpha value is -3.72. The summed E-state index contributed by atoms with van der Waals surface area (Å²) in [5.41, 5.74) is 2.22. The first kappa shape index (κ1) is 33.5. The number of rotatable bonds is 3. The minimum absolute atomic E-state index is 0.147. The van der Waals surface area contributed by atoms with Crippen molar-refractivity contribution in [2.75, 3.05) is 39.4 Å². The van der Waals surface area contributed by atoms with Crippen molar-refractivity contribution in [2.45, 2.75) is 31.7 Å². The van der Waals surface area contributed by atoms with Crippen LogP contribution < -0.4 is 0 Å². The topological polar surface area (TPSA) is 120 Å². The van der Waals surface area contributed by atoms with Gasteiger partial charge in [0, 0.05) is 56.1 Å². The molecule has 1 aromatic carbocycles. The number of carbonyl (C=O) groups is 3. The van der Waals surface area contributed by atoms with Crippen LogP contribution in [0.1, 0.15) is 28.8 Å². The number of ether oxygens (including phenoxy) is 1. The molecule has 0 radical (unpaired) electrons. The molecular formula is C26H29F6N3O6. The Morgan fingerprint density at radius 3 is 1.85 bits per heavy atom. The normalized spacial score (nSPS) is 17.3. The van der Waals surface area contributed by atoms with E-state index in [9.17, 15) is 31.1 Å². The standard InChI is InChI=1S/C22H27N3O2.2C2HF3O2/c26-21(20-4-2-1-3-5-20)25-12-8-22(9-13-25)17-24(14-15-27-18-22)16-19-6-10-23-11-7-19;2*3-2(4,5)1(6)7/h1-7,10-11H,8-9,12-18H2;2*(H,6,7). The zero-order valence-corrected chi connectivity index (χ0v) is 21.7. The average Bonchev–Trinajstić information content (AvgIpc) is 3.11. The molecule has 226 valence electrons. The Kier molecular flexibility index (Phi) is 12.1. The van der Waals surface area contributed by atoms with Gasteiger partial charge in [-0.05, 0) is 42.7 Å². The minimum atomic E-state index is -5.08. The average molecular weight is 594 g/mol. The SMILES string of the molecule is O=C(O)C(F)(F)F.O=C(O)C(F)(F)F.O=C(c1ccccc1)N1CCC2(CC1)COCCN(Cc1ccncc1)C2. The third-order valence-electron chi connectivity index (χ3n) is 6.29. The summed E-state index contributed by atoms with van der Waals surface area (Å²) in [7, 11) is 0. The van der Waals surface area contributed by atoms with Crippen molar-refractivity contribution in [2.24, 2.45) is 5.41 Å². The lowest BCUT2D eigenvalue weighted by atomic mass is 9.78. The van der Waals surface area contributed by atoms with Crippen molar-refractivity contribution in [3.63, 3.8) is 0 Å². The van der Waals surface area contributed by atoms with Crippen molar-refractivity contribution in [1.29, 1.82) is 0 Å². The van der Waals surface area contributed by atoms with Crippen molar-refractivity contribution < 1.29 is 55.7 Å². The van der Waals surface area contributed by atoms with Crippen molar-refractivity contribution in [3.05, 3.63) is 66.0 Å². The summed E-state index contributed by atoms with van der Waals surface area (Å²) >= 11 is 0. The molecule has 15 heteroatoms. The smallest absolute Gasteiger partial charge is 0.475 e. The van der Waals surface area contributed by atoms with Crippen LogP contribution in [0.4, 0.5) is 26.3 Å². The summed E-state index contributed by atoms with van der Waals surface area (Å²) in [6.45, 7) is 6.10. The molecule has 9 nitrogen and oxygen atoms in total. The van der Waals surface area contributed by atoms with E-state index < -0.39 is 24.3 Å². The lowest BCUT2D eigenvalue weighted by Gasteiger charge is -2.42. The van der Waals surface area contributed by atoms with Gasteiger partial charge in [-0.1, -0.05) is 18.2 Å². The molecular weight excluding hydrogens is 564 g/mol. The first-order chi connectivity index (χ1) is 19.1. The summed E-state index contributed by atoms with van der Waals surface area (Å²) in [4.78, 5) is 39.1. The van der Waals surface area contributed by atoms with Crippen LogP contribution in [-0.2, 0) is 20.9 Å². The Bertz CT molecular complexity index is 1100. The lowest BCUT2D eigenvalue weighted by Crippen LogP contribution is -2.48.